The van der Waals surface area contributed by atoms with Crippen molar-refractivity contribution >= 4 is 0 Å². The first-order chi connectivity index (χ1) is 17.8. The number of phenols is 3. The number of benzene rings is 3. The zero-order valence-electron chi connectivity index (χ0n) is 26.3. The molecule has 0 aromatic heterocycles. The van der Waals surface area contributed by atoms with Gasteiger partial charge in [0.25, 0.3) is 0 Å². The normalized spacial score (nSPS) is 12.2. The molecule has 0 fully saturated rings. The maximum atomic E-state index is 10.3. The Hall–Kier alpha value is -2.94. The van der Waals surface area contributed by atoms with Crippen molar-refractivity contribution in [2.75, 3.05) is 0 Å². The molecule has 214 valence electrons. The number of rotatable bonds is 5. The van der Waals surface area contributed by atoms with Gasteiger partial charge in [-0.25, -0.2) is 0 Å². The fraction of sp³-hybridized carbons (Fsp3) is 0.500. The highest BCUT2D eigenvalue weighted by Crippen LogP contribution is 2.35. The van der Waals surface area contributed by atoms with Crippen LogP contribution in [-0.2, 0) is 29.1 Å². The molecule has 3 heteroatoms. The van der Waals surface area contributed by atoms with Crippen molar-refractivity contribution in [1.29, 1.82) is 0 Å². The van der Waals surface area contributed by atoms with Crippen LogP contribution in [-0.4, -0.2) is 15.3 Å². The molecule has 3 nitrogen and oxygen atoms in total. The average molecular weight is 533 g/mol. The van der Waals surface area contributed by atoms with Crippen LogP contribution in [0.4, 0.5) is 0 Å². The fourth-order valence-electron chi connectivity index (χ4n) is 4.95. The maximum absolute atomic E-state index is 10.3. The van der Waals surface area contributed by atoms with Gasteiger partial charge in [0, 0.05) is 0 Å². The third-order valence-electron chi connectivity index (χ3n) is 7.38. The van der Waals surface area contributed by atoms with E-state index >= 15 is 0 Å². The van der Waals surface area contributed by atoms with Gasteiger partial charge in [0.15, 0.2) is 0 Å². The summed E-state index contributed by atoms with van der Waals surface area (Å²) in [6.07, 6.45) is 4.28. The lowest BCUT2D eigenvalue weighted by Gasteiger charge is -2.23. The van der Waals surface area contributed by atoms with Crippen molar-refractivity contribution in [3.05, 3.63) is 87.5 Å². The largest absolute Gasteiger partial charge is 0.508 e. The third kappa shape index (κ3) is 9.05. The van der Waals surface area contributed by atoms with Crippen molar-refractivity contribution in [3.63, 3.8) is 0 Å². The standard InChI is InChI=1S/C26H38O2.C10H14O/c1-17-13-23(27)21(25(3,4)5)15-19(17)11-9-10-12-20-16-22(26(6,7)8)24(28)14-18(20)2;1-10(2,3)8-6-4-5-7-9(8)11/h13-16,27-28H,9-12H2,1-8H3;4-7,11H,1-3H3. The van der Waals surface area contributed by atoms with Crippen molar-refractivity contribution in [1.82, 2.24) is 0 Å². The second-order valence-electron chi connectivity index (χ2n) is 14.1. The van der Waals surface area contributed by atoms with Gasteiger partial charge in [0.1, 0.15) is 17.2 Å². The summed E-state index contributed by atoms with van der Waals surface area (Å²) in [6, 6.07) is 15.7. The summed E-state index contributed by atoms with van der Waals surface area (Å²) >= 11 is 0. The van der Waals surface area contributed by atoms with Crippen LogP contribution in [0.1, 0.15) is 114 Å². The second kappa shape index (κ2) is 12.5. The van der Waals surface area contributed by atoms with Gasteiger partial charge in [-0.3, -0.25) is 0 Å². The van der Waals surface area contributed by atoms with Gasteiger partial charge in [-0.2, -0.15) is 0 Å². The first kappa shape index (κ1) is 32.3. The van der Waals surface area contributed by atoms with Crippen LogP contribution in [0, 0.1) is 13.8 Å². The van der Waals surface area contributed by atoms with Crippen LogP contribution in [0.3, 0.4) is 0 Å². The van der Waals surface area contributed by atoms with Gasteiger partial charge in [0.2, 0.25) is 0 Å². The molecule has 3 aromatic carbocycles. The van der Waals surface area contributed by atoms with Gasteiger partial charge in [-0.1, -0.05) is 92.6 Å². The molecule has 0 aliphatic heterocycles. The number of hydrogen-bond acceptors (Lipinski definition) is 3. The van der Waals surface area contributed by atoms with Crippen molar-refractivity contribution in [2.24, 2.45) is 0 Å². The second-order valence-corrected chi connectivity index (χ2v) is 14.1. The van der Waals surface area contributed by atoms with E-state index in [0.29, 0.717) is 17.2 Å². The predicted octanol–water partition coefficient (Wildman–Crippen LogP) is 9.56. The molecular formula is C36H52O3. The molecule has 0 spiro atoms. The number of aryl methyl sites for hydroxylation is 4. The van der Waals surface area contributed by atoms with E-state index in [9.17, 15) is 15.3 Å². The van der Waals surface area contributed by atoms with E-state index in [1.165, 1.54) is 22.3 Å². The van der Waals surface area contributed by atoms with Gasteiger partial charge in [0.05, 0.1) is 0 Å². The summed E-state index contributed by atoms with van der Waals surface area (Å²) in [5.41, 5.74) is 7.97. The molecule has 0 amide bonds. The Balaban J connectivity index is 0.000000404. The smallest absolute Gasteiger partial charge is 0.119 e. The van der Waals surface area contributed by atoms with Crippen LogP contribution < -0.4 is 0 Å². The quantitative estimate of drug-likeness (QED) is 0.287. The first-order valence-electron chi connectivity index (χ1n) is 14.3. The molecule has 0 heterocycles. The molecule has 0 saturated carbocycles. The maximum Gasteiger partial charge on any atom is 0.119 e. The van der Waals surface area contributed by atoms with E-state index in [1.807, 2.05) is 30.3 Å². The van der Waals surface area contributed by atoms with E-state index in [4.69, 9.17) is 0 Å². The summed E-state index contributed by atoms with van der Waals surface area (Å²) in [7, 11) is 0. The Morgan fingerprint density at radius 1 is 0.487 bits per heavy atom. The lowest BCUT2D eigenvalue weighted by molar-refractivity contribution is 0.444. The lowest BCUT2D eigenvalue weighted by atomic mass is 9.83. The molecule has 3 rings (SSSR count). The highest BCUT2D eigenvalue weighted by atomic mass is 16.3. The molecule has 0 saturated heterocycles. The van der Waals surface area contributed by atoms with Gasteiger partial charge >= 0.3 is 0 Å². The summed E-state index contributed by atoms with van der Waals surface area (Å²) in [5.74, 6) is 1.20. The lowest BCUT2D eigenvalue weighted by Crippen LogP contribution is -2.12. The Labute approximate surface area is 238 Å². The van der Waals surface area contributed by atoms with E-state index in [-0.39, 0.29) is 16.2 Å². The van der Waals surface area contributed by atoms with Gasteiger partial charge in [-0.15, -0.1) is 0 Å². The minimum absolute atomic E-state index is 0.0331. The van der Waals surface area contributed by atoms with Crippen LogP contribution in [0.25, 0.3) is 0 Å². The van der Waals surface area contributed by atoms with Crippen molar-refractivity contribution in [2.45, 2.75) is 118 Å². The molecule has 3 aromatic rings. The number of para-hydroxylation sites is 1. The molecular weight excluding hydrogens is 480 g/mol. The van der Waals surface area contributed by atoms with Crippen LogP contribution >= 0.6 is 0 Å². The summed E-state index contributed by atoms with van der Waals surface area (Å²) in [5, 5.41) is 30.0. The summed E-state index contributed by atoms with van der Waals surface area (Å²) in [4.78, 5) is 0. The van der Waals surface area contributed by atoms with Crippen molar-refractivity contribution in [3.8, 4) is 17.2 Å². The Kier molecular flexibility index (Phi) is 10.3. The number of hydrogen-bond donors (Lipinski definition) is 3. The van der Waals surface area contributed by atoms with Crippen LogP contribution in [0.15, 0.2) is 48.5 Å². The minimum Gasteiger partial charge on any atom is -0.508 e. The molecule has 0 bridgehead atoms. The topological polar surface area (TPSA) is 60.7 Å². The Morgan fingerprint density at radius 3 is 1.15 bits per heavy atom. The van der Waals surface area contributed by atoms with Gasteiger partial charge < -0.3 is 15.3 Å². The minimum atomic E-state index is -0.0565. The summed E-state index contributed by atoms with van der Waals surface area (Å²) < 4.78 is 0. The van der Waals surface area contributed by atoms with Crippen LogP contribution in [0.2, 0.25) is 0 Å². The number of unbranched alkanes of at least 4 members (excludes halogenated alkanes) is 1. The summed E-state index contributed by atoms with van der Waals surface area (Å²) in [6.45, 7) is 23.3. The van der Waals surface area contributed by atoms with E-state index in [0.717, 1.165) is 42.4 Å². The van der Waals surface area contributed by atoms with E-state index < -0.39 is 0 Å². The zero-order valence-corrected chi connectivity index (χ0v) is 26.3. The third-order valence-corrected chi connectivity index (χ3v) is 7.38. The molecule has 3 N–H and O–H groups in total. The van der Waals surface area contributed by atoms with Crippen molar-refractivity contribution < 1.29 is 15.3 Å². The zero-order chi connectivity index (χ0) is 29.8. The molecule has 0 aliphatic carbocycles. The highest BCUT2D eigenvalue weighted by molar-refractivity contribution is 5.46. The first-order valence-corrected chi connectivity index (χ1v) is 14.3. The van der Waals surface area contributed by atoms with Crippen LogP contribution in [0.5, 0.6) is 17.2 Å². The Bertz CT molecular complexity index is 1180. The van der Waals surface area contributed by atoms with E-state index in [2.05, 4.69) is 88.3 Å². The monoisotopic (exact) mass is 532 g/mol. The molecule has 39 heavy (non-hydrogen) atoms. The molecule has 0 aliphatic rings. The SMILES string of the molecule is CC(C)(C)c1ccccc1O.Cc1cc(O)c(C(C)(C)C)cc1CCCCc1cc(C(C)(C)C)c(O)cc1C. The Morgan fingerprint density at radius 2 is 0.846 bits per heavy atom. The highest BCUT2D eigenvalue weighted by Gasteiger charge is 2.21. The molecule has 0 radical (unpaired) electrons. The number of aromatic hydroxyl groups is 3. The number of phenolic OH excluding ortho intramolecular Hbond substituents is 3. The molecule has 0 atom stereocenters. The van der Waals surface area contributed by atoms with Gasteiger partial charge in [-0.05, 0) is 113 Å². The average Bonchev–Trinajstić information content (AvgIpc) is 2.77. The fourth-order valence-corrected chi connectivity index (χ4v) is 4.95. The predicted molar refractivity (Wildman–Crippen MR) is 167 cm³/mol. The molecule has 0 unspecified atom stereocenters. The van der Waals surface area contributed by atoms with E-state index in [1.54, 1.807) is 6.07 Å².